The summed E-state index contributed by atoms with van der Waals surface area (Å²) in [5.41, 5.74) is 2.52. The molecule has 1 amide bonds. The van der Waals surface area contributed by atoms with Gasteiger partial charge in [0.25, 0.3) is 5.91 Å². The number of hydrogen-bond acceptors (Lipinski definition) is 5. The molecule has 34 heavy (non-hydrogen) atoms. The van der Waals surface area contributed by atoms with E-state index in [2.05, 4.69) is 4.90 Å². The molecule has 6 nitrogen and oxygen atoms in total. The Morgan fingerprint density at radius 2 is 1.82 bits per heavy atom. The van der Waals surface area contributed by atoms with Crippen molar-refractivity contribution >= 4 is 44.8 Å². The van der Waals surface area contributed by atoms with Crippen LogP contribution in [0.5, 0.6) is 0 Å². The highest BCUT2D eigenvalue weighted by Crippen LogP contribution is 2.48. The molecule has 1 heterocycles. The van der Waals surface area contributed by atoms with E-state index in [1.807, 2.05) is 4.72 Å². The summed E-state index contributed by atoms with van der Waals surface area (Å²) < 4.78 is 46.6. The molecule has 1 saturated heterocycles. The first-order chi connectivity index (χ1) is 16.0. The standard InChI is InChI=1S/C24H27Cl2FN2O4S/c1-14-22(27)20(24(30)28-34(2,31)32)12-19(16-6-7-16)23(14)29-8-4-3-5-21(29)33-13-15-9-17(25)11-18(26)10-15/h9-12,16,21H,3-8,13H2,1-2H3,(H,28,30). The van der Waals surface area contributed by atoms with Crippen LogP contribution in [0, 0.1) is 12.7 Å². The van der Waals surface area contributed by atoms with Crippen molar-refractivity contribution in [2.24, 2.45) is 0 Å². The molecule has 1 aliphatic carbocycles. The number of carbonyl (C=O) groups excluding carboxylic acids is 1. The minimum atomic E-state index is -3.81. The second kappa shape index (κ2) is 10.0. The van der Waals surface area contributed by atoms with Crippen LogP contribution in [0.4, 0.5) is 10.1 Å². The first-order valence-corrected chi connectivity index (χ1v) is 13.9. The quantitative estimate of drug-likeness (QED) is 0.510. The summed E-state index contributed by atoms with van der Waals surface area (Å²) in [5.74, 6) is -1.47. The molecule has 0 spiro atoms. The van der Waals surface area contributed by atoms with E-state index in [4.69, 9.17) is 27.9 Å². The molecular weight excluding hydrogens is 502 g/mol. The van der Waals surface area contributed by atoms with Gasteiger partial charge < -0.3 is 9.64 Å². The molecule has 1 saturated carbocycles. The normalized spacial score (nSPS) is 18.7. The second-order valence-corrected chi connectivity index (χ2v) is 11.6. The van der Waals surface area contributed by atoms with Gasteiger partial charge in [0.1, 0.15) is 12.0 Å². The molecule has 0 aromatic heterocycles. The second-order valence-electron chi connectivity index (χ2n) is 9.01. The van der Waals surface area contributed by atoms with Crippen molar-refractivity contribution in [3.8, 4) is 0 Å². The monoisotopic (exact) mass is 528 g/mol. The summed E-state index contributed by atoms with van der Waals surface area (Å²) in [7, 11) is -3.81. The lowest BCUT2D eigenvalue weighted by Gasteiger charge is -2.39. The van der Waals surface area contributed by atoms with Crippen molar-refractivity contribution in [2.75, 3.05) is 17.7 Å². The molecule has 1 unspecified atom stereocenters. The third-order valence-corrected chi connectivity index (χ3v) is 7.13. The predicted molar refractivity (Wildman–Crippen MR) is 132 cm³/mol. The highest BCUT2D eigenvalue weighted by Gasteiger charge is 2.35. The van der Waals surface area contributed by atoms with Crippen molar-refractivity contribution in [3.05, 3.63) is 62.4 Å². The van der Waals surface area contributed by atoms with Gasteiger partial charge >= 0.3 is 0 Å². The molecular formula is C24H27Cl2FN2O4S. The van der Waals surface area contributed by atoms with E-state index >= 15 is 4.39 Å². The van der Waals surface area contributed by atoms with Crippen LogP contribution in [-0.2, 0) is 21.4 Å². The fourth-order valence-corrected chi connectivity index (χ4v) is 5.52. The number of piperidine rings is 1. The van der Waals surface area contributed by atoms with Crippen molar-refractivity contribution in [1.82, 2.24) is 4.72 Å². The molecule has 2 aromatic carbocycles. The summed E-state index contributed by atoms with van der Waals surface area (Å²) in [6.07, 6.45) is 5.15. The van der Waals surface area contributed by atoms with Crippen LogP contribution >= 0.6 is 23.2 Å². The molecule has 1 N–H and O–H groups in total. The largest absolute Gasteiger partial charge is 0.354 e. The van der Waals surface area contributed by atoms with Crippen LogP contribution in [-0.4, -0.2) is 33.4 Å². The zero-order valence-electron chi connectivity index (χ0n) is 19.0. The van der Waals surface area contributed by atoms with Gasteiger partial charge in [-0.1, -0.05) is 23.2 Å². The van der Waals surface area contributed by atoms with Crippen LogP contribution in [0.1, 0.15) is 65.1 Å². The number of hydrogen-bond donors (Lipinski definition) is 1. The molecule has 0 bridgehead atoms. The summed E-state index contributed by atoms with van der Waals surface area (Å²) in [6, 6.07) is 6.78. The van der Waals surface area contributed by atoms with Crippen molar-refractivity contribution in [1.29, 1.82) is 0 Å². The van der Waals surface area contributed by atoms with Crippen LogP contribution in [0.25, 0.3) is 0 Å². The van der Waals surface area contributed by atoms with Crippen molar-refractivity contribution in [2.45, 2.75) is 57.8 Å². The van der Waals surface area contributed by atoms with Gasteiger partial charge in [0.05, 0.1) is 18.4 Å². The van der Waals surface area contributed by atoms with Gasteiger partial charge in [0, 0.05) is 27.8 Å². The number of halogens is 3. The van der Waals surface area contributed by atoms with E-state index in [9.17, 15) is 13.2 Å². The van der Waals surface area contributed by atoms with Gasteiger partial charge in [-0.15, -0.1) is 0 Å². The van der Waals surface area contributed by atoms with E-state index in [1.54, 1.807) is 25.1 Å². The highest BCUT2D eigenvalue weighted by molar-refractivity contribution is 7.89. The van der Waals surface area contributed by atoms with Gasteiger partial charge in [0.2, 0.25) is 10.0 Å². The number of nitrogens with zero attached hydrogens (tertiary/aromatic N) is 1. The first kappa shape index (κ1) is 25.2. The highest BCUT2D eigenvalue weighted by atomic mass is 35.5. The maximum atomic E-state index is 15.4. The molecule has 2 aliphatic rings. The third-order valence-electron chi connectivity index (χ3n) is 6.13. The Morgan fingerprint density at radius 3 is 2.44 bits per heavy atom. The Balaban J connectivity index is 1.66. The van der Waals surface area contributed by atoms with E-state index in [0.29, 0.717) is 28.8 Å². The fraction of sp³-hybridized carbons (Fsp3) is 0.458. The number of carbonyl (C=O) groups is 1. The Hall–Kier alpha value is -1.87. The predicted octanol–water partition coefficient (Wildman–Crippen LogP) is 5.54. The van der Waals surface area contributed by atoms with Crippen molar-refractivity contribution in [3.63, 3.8) is 0 Å². The zero-order valence-corrected chi connectivity index (χ0v) is 21.4. The SMILES string of the molecule is Cc1c(F)c(C(=O)NS(C)(=O)=O)cc(C2CC2)c1N1CCCCC1OCc1cc(Cl)cc(Cl)c1. The number of anilines is 1. The summed E-state index contributed by atoms with van der Waals surface area (Å²) >= 11 is 12.2. The van der Waals surface area contributed by atoms with Gasteiger partial charge in [-0.05, 0) is 80.3 Å². The number of benzene rings is 2. The lowest BCUT2D eigenvalue weighted by molar-refractivity contribution is 0.0227. The van der Waals surface area contributed by atoms with Crippen LogP contribution in [0.2, 0.25) is 10.0 Å². The topological polar surface area (TPSA) is 75.7 Å². The van der Waals surface area contributed by atoms with E-state index in [1.165, 1.54) is 6.07 Å². The third kappa shape index (κ3) is 5.85. The van der Waals surface area contributed by atoms with Gasteiger partial charge in [-0.3, -0.25) is 4.79 Å². The summed E-state index contributed by atoms with van der Waals surface area (Å²) in [6.45, 7) is 2.63. The number of sulfonamides is 1. The molecule has 4 rings (SSSR count). The molecule has 1 aliphatic heterocycles. The molecule has 10 heteroatoms. The molecule has 184 valence electrons. The lowest BCUT2D eigenvalue weighted by Crippen LogP contribution is -2.42. The number of nitrogens with one attached hydrogen (secondary N) is 1. The number of ether oxygens (including phenoxy) is 1. The van der Waals surface area contributed by atoms with Gasteiger partial charge in [-0.2, -0.15) is 0 Å². The average Bonchev–Trinajstić information content (AvgIpc) is 3.58. The fourth-order valence-electron chi connectivity index (χ4n) is 4.50. The van der Waals surface area contributed by atoms with Crippen molar-refractivity contribution < 1.29 is 22.3 Å². The molecule has 0 radical (unpaired) electrons. The number of rotatable bonds is 7. The minimum absolute atomic E-state index is 0.202. The first-order valence-electron chi connectivity index (χ1n) is 11.2. The average molecular weight is 529 g/mol. The summed E-state index contributed by atoms with van der Waals surface area (Å²) in [4.78, 5) is 14.6. The van der Waals surface area contributed by atoms with Crippen LogP contribution in [0.15, 0.2) is 24.3 Å². The Morgan fingerprint density at radius 1 is 1.15 bits per heavy atom. The maximum Gasteiger partial charge on any atom is 0.267 e. The zero-order chi connectivity index (χ0) is 24.6. The van der Waals surface area contributed by atoms with E-state index in [-0.39, 0.29) is 17.7 Å². The minimum Gasteiger partial charge on any atom is -0.354 e. The molecule has 2 fully saturated rings. The van der Waals surface area contributed by atoms with Crippen LogP contribution < -0.4 is 9.62 Å². The van der Waals surface area contributed by atoms with E-state index in [0.717, 1.165) is 55.2 Å². The maximum absolute atomic E-state index is 15.4. The Labute approximate surface area is 209 Å². The molecule has 2 aromatic rings. The summed E-state index contributed by atoms with van der Waals surface area (Å²) in [5, 5.41) is 1.06. The molecule has 1 atom stereocenters. The number of amides is 1. The Bertz CT molecular complexity index is 1200. The van der Waals surface area contributed by atoms with E-state index < -0.39 is 21.7 Å². The lowest BCUT2D eigenvalue weighted by atomic mass is 9.96. The van der Waals surface area contributed by atoms with Gasteiger partial charge in [0.15, 0.2) is 0 Å². The van der Waals surface area contributed by atoms with Crippen LogP contribution in [0.3, 0.4) is 0 Å². The smallest absolute Gasteiger partial charge is 0.267 e. The van der Waals surface area contributed by atoms with Gasteiger partial charge in [-0.25, -0.2) is 17.5 Å². The Kier molecular flexibility index (Phi) is 7.43.